The van der Waals surface area contributed by atoms with Gasteiger partial charge in [-0.1, -0.05) is 29.4 Å². The smallest absolute Gasteiger partial charge is 0.227 e. The molecule has 2 atom stereocenters. The van der Waals surface area contributed by atoms with E-state index in [0.29, 0.717) is 23.8 Å². The van der Waals surface area contributed by atoms with E-state index in [4.69, 9.17) is 4.52 Å². The zero-order chi connectivity index (χ0) is 15.9. The maximum atomic E-state index is 5.54. The number of nitrogens with one attached hydrogen (secondary N) is 1. The van der Waals surface area contributed by atoms with Gasteiger partial charge in [-0.05, 0) is 43.1 Å². The van der Waals surface area contributed by atoms with Crippen molar-refractivity contribution >= 4 is 23.2 Å². The predicted octanol–water partition coefficient (Wildman–Crippen LogP) is 3.78. The molecule has 0 amide bonds. The number of rotatable bonds is 3. The van der Waals surface area contributed by atoms with Crippen LogP contribution in [0.25, 0.3) is 22.3 Å². The Morgan fingerprint density at radius 2 is 1.88 bits per heavy atom. The predicted molar refractivity (Wildman–Crippen MR) is 98.7 cm³/mol. The van der Waals surface area contributed by atoms with Crippen LogP contribution in [0.1, 0.15) is 31.6 Å². The molecule has 2 unspecified atom stereocenters. The summed E-state index contributed by atoms with van der Waals surface area (Å²) < 4.78 is 5.54. The summed E-state index contributed by atoms with van der Waals surface area (Å²) in [5.41, 5.74) is 0.800. The number of fused-ring (bicyclic) bond motifs is 3. The van der Waals surface area contributed by atoms with Crippen molar-refractivity contribution < 1.29 is 4.52 Å². The monoisotopic (exact) mass is 356 g/mol. The molecule has 2 bridgehead atoms. The average molecular weight is 357 g/mol. The Bertz CT molecular complexity index is 863. The van der Waals surface area contributed by atoms with Gasteiger partial charge in [0.05, 0.1) is 0 Å². The fraction of sp³-hybridized carbons (Fsp3) is 0.421. The van der Waals surface area contributed by atoms with Crippen LogP contribution in [0.4, 0.5) is 0 Å². The molecule has 2 aliphatic rings. The first-order valence-electron chi connectivity index (χ1n) is 8.78. The van der Waals surface area contributed by atoms with Crippen LogP contribution in [0, 0.1) is 5.92 Å². The molecule has 2 aromatic heterocycles. The molecule has 1 N–H and O–H groups in total. The van der Waals surface area contributed by atoms with Crippen molar-refractivity contribution in [1.29, 1.82) is 0 Å². The molecule has 0 spiro atoms. The Morgan fingerprint density at radius 3 is 2.72 bits per heavy atom. The largest absolute Gasteiger partial charge is 0.339 e. The summed E-state index contributed by atoms with van der Waals surface area (Å²) in [5.74, 6) is 1.99. The lowest BCUT2D eigenvalue weighted by Gasteiger charge is -2.27. The molecule has 0 saturated carbocycles. The third kappa shape index (κ3) is 3.14. The molecule has 0 radical (unpaired) electrons. The molecule has 3 aromatic rings. The zero-order valence-electron chi connectivity index (χ0n) is 13.9. The molecule has 1 aromatic carbocycles. The molecule has 6 heteroatoms. The SMILES string of the molecule is Cl.c1ccc2c(-c3noc(CC4CC5CCC(C4)N5)n3)nccc2c1. The van der Waals surface area contributed by atoms with Crippen LogP contribution in [0.15, 0.2) is 41.1 Å². The van der Waals surface area contributed by atoms with Gasteiger partial charge in [0.25, 0.3) is 0 Å². The van der Waals surface area contributed by atoms with Crippen molar-refractivity contribution in [2.75, 3.05) is 0 Å². The van der Waals surface area contributed by atoms with Crippen LogP contribution in [0.3, 0.4) is 0 Å². The number of halogens is 1. The van der Waals surface area contributed by atoms with Crippen molar-refractivity contribution in [1.82, 2.24) is 20.4 Å². The fourth-order valence-corrected chi connectivity index (χ4v) is 4.32. The molecule has 130 valence electrons. The van der Waals surface area contributed by atoms with Gasteiger partial charge < -0.3 is 9.84 Å². The van der Waals surface area contributed by atoms with Gasteiger partial charge in [0.1, 0.15) is 5.69 Å². The summed E-state index contributed by atoms with van der Waals surface area (Å²) in [6.45, 7) is 0. The second-order valence-electron chi connectivity index (χ2n) is 7.07. The van der Waals surface area contributed by atoms with Crippen LogP contribution >= 0.6 is 12.4 Å². The topological polar surface area (TPSA) is 63.8 Å². The van der Waals surface area contributed by atoms with Gasteiger partial charge in [0, 0.05) is 30.1 Å². The van der Waals surface area contributed by atoms with Crippen molar-refractivity contribution in [3.8, 4) is 11.5 Å². The number of aromatic nitrogens is 3. The molecule has 2 aliphatic heterocycles. The molecule has 25 heavy (non-hydrogen) atoms. The third-order valence-electron chi connectivity index (χ3n) is 5.39. The maximum Gasteiger partial charge on any atom is 0.227 e. The molecule has 4 heterocycles. The van der Waals surface area contributed by atoms with Crippen LogP contribution in [-0.2, 0) is 6.42 Å². The second-order valence-corrected chi connectivity index (χ2v) is 7.07. The van der Waals surface area contributed by atoms with Crippen molar-refractivity contribution in [2.24, 2.45) is 5.92 Å². The number of pyridine rings is 1. The van der Waals surface area contributed by atoms with Crippen LogP contribution in [-0.4, -0.2) is 27.2 Å². The van der Waals surface area contributed by atoms with Crippen molar-refractivity contribution in [3.63, 3.8) is 0 Å². The summed E-state index contributed by atoms with van der Waals surface area (Å²) >= 11 is 0. The Labute approximate surface area is 152 Å². The highest BCUT2D eigenvalue weighted by molar-refractivity contribution is 5.92. The first kappa shape index (κ1) is 16.5. The number of hydrogen-bond donors (Lipinski definition) is 1. The Kier molecular flexibility index (Phi) is 4.44. The van der Waals surface area contributed by atoms with E-state index in [9.17, 15) is 0 Å². The second kappa shape index (κ2) is 6.73. The average Bonchev–Trinajstić information content (AvgIpc) is 3.21. The van der Waals surface area contributed by atoms with Crippen LogP contribution in [0.5, 0.6) is 0 Å². The molecule has 5 nitrogen and oxygen atoms in total. The van der Waals surface area contributed by atoms with E-state index in [-0.39, 0.29) is 12.4 Å². The van der Waals surface area contributed by atoms with E-state index < -0.39 is 0 Å². The minimum Gasteiger partial charge on any atom is -0.339 e. The summed E-state index contributed by atoms with van der Waals surface area (Å²) in [7, 11) is 0. The van der Waals surface area contributed by atoms with E-state index in [0.717, 1.165) is 28.8 Å². The van der Waals surface area contributed by atoms with Gasteiger partial charge in [-0.15, -0.1) is 12.4 Å². The summed E-state index contributed by atoms with van der Waals surface area (Å²) in [4.78, 5) is 9.11. The van der Waals surface area contributed by atoms with Gasteiger partial charge in [0.15, 0.2) is 0 Å². The Hall–Kier alpha value is -1.98. The lowest BCUT2D eigenvalue weighted by atomic mass is 9.90. The molecular weight excluding hydrogens is 336 g/mol. The van der Waals surface area contributed by atoms with Gasteiger partial charge >= 0.3 is 0 Å². The van der Waals surface area contributed by atoms with Crippen LogP contribution < -0.4 is 5.32 Å². The Morgan fingerprint density at radius 1 is 1.08 bits per heavy atom. The highest BCUT2D eigenvalue weighted by Crippen LogP contribution is 2.33. The fourth-order valence-electron chi connectivity index (χ4n) is 4.32. The minimum atomic E-state index is 0. The molecular formula is C19H21ClN4O. The molecule has 2 fully saturated rings. The summed E-state index contributed by atoms with van der Waals surface area (Å²) in [6, 6.07) is 11.6. The minimum absolute atomic E-state index is 0. The molecule has 5 rings (SSSR count). The lowest BCUT2D eigenvalue weighted by Crippen LogP contribution is -2.38. The Balaban J connectivity index is 0.00000157. The zero-order valence-corrected chi connectivity index (χ0v) is 14.7. The number of piperidine rings is 1. The molecule has 2 saturated heterocycles. The van der Waals surface area contributed by atoms with E-state index >= 15 is 0 Å². The number of benzene rings is 1. The third-order valence-corrected chi connectivity index (χ3v) is 5.39. The van der Waals surface area contributed by atoms with Gasteiger partial charge in [-0.2, -0.15) is 4.98 Å². The van der Waals surface area contributed by atoms with E-state index in [1.807, 2.05) is 18.2 Å². The van der Waals surface area contributed by atoms with Crippen molar-refractivity contribution in [2.45, 2.75) is 44.2 Å². The summed E-state index contributed by atoms with van der Waals surface area (Å²) in [5, 5.41) is 10.1. The van der Waals surface area contributed by atoms with E-state index in [2.05, 4.69) is 32.6 Å². The first-order chi connectivity index (χ1) is 11.8. The highest BCUT2D eigenvalue weighted by Gasteiger charge is 2.34. The lowest BCUT2D eigenvalue weighted by molar-refractivity contribution is 0.270. The first-order valence-corrected chi connectivity index (χ1v) is 8.78. The van der Waals surface area contributed by atoms with Gasteiger partial charge in [0.2, 0.25) is 11.7 Å². The number of nitrogens with zero attached hydrogens (tertiary/aromatic N) is 3. The number of hydrogen-bond acceptors (Lipinski definition) is 5. The van der Waals surface area contributed by atoms with Crippen LogP contribution in [0.2, 0.25) is 0 Å². The van der Waals surface area contributed by atoms with Crippen molar-refractivity contribution in [3.05, 3.63) is 42.4 Å². The maximum absolute atomic E-state index is 5.54. The summed E-state index contributed by atoms with van der Waals surface area (Å²) in [6.07, 6.45) is 7.76. The van der Waals surface area contributed by atoms with Gasteiger partial charge in [-0.25, -0.2) is 0 Å². The standard InChI is InChI=1S/C19H20N4O.ClH/c1-2-4-16-13(3-1)7-8-20-18(16)19-22-17(24-23-19)11-12-9-14-5-6-15(10-12)21-14;/h1-4,7-8,12,14-15,21H,5-6,9-11H2;1H. The van der Waals surface area contributed by atoms with Gasteiger partial charge in [-0.3, -0.25) is 4.98 Å². The highest BCUT2D eigenvalue weighted by atomic mass is 35.5. The van der Waals surface area contributed by atoms with E-state index in [1.165, 1.54) is 25.7 Å². The molecule has 0 aliphatic carbocycles. The normalized spacial score (nSPS) is 25.0. The quantitative estimate of drug-likeness (QED) is 0.773. The van der Waals surface area contributed by atoms with E-state index in [1.54, 1.807) is 6.20 Å².